The Morgan fingerprint density at radius 1 is 1.06 bits per heavy atom. The van der Waals surface area contributed by atoms with E-state index in [9.17, 15) is 4.79 Å². The van der Waals surface area contributed by atoms with Crippen LogP contribution in [0.4, 0.5) is 0 Å². The largest absolute Gasteiger partial charge is 0.463 e. The van der Waals surface area contributed by atoms with E-state index in [2.05, 4.69) is 13.2 Å². The summed E-state index contributed by atoms with van der Waals surface area (Å²) in [5.74, 6) is -0.234. The lowest BCUT2D eigenvalue weighted by atomic mass is 10.0. The molecule has 0 heterocycles. The number of carbonyl (C=O) groups excluding carboxylic acids is 1. The topological polar surface area (TPSA) is 26.3 Å². The van der Waals surface area contributed by atoms with Crippen LogP contribution in [0.1, 0.15) is 64.7 Å². The average molecular weight is 252 g/mol. The predicted molar refractivity (Wildman–Crippen MR) is 77.5 cm³/mol. The van der Waals surface area contributed by atoms with Crippen molar-refractivity contribution in [2.24, 2.45) is 0 Å². The maximum atomic E-state index is 11.3. The van der Waals surface area contributed by atoms with Crippen LogP contribution in [-0.2, 0) is 9.53 Å². The molecule has 104 valence electrons. The summed E-state index contributed by atoms with van der Waals surface area (Å²) in [7, 11) is 0. The van der Waals surface area contributed by atoms with Crippen molar-refractivity contribution in [3.05, 3.63) is 24.8 Å². The van der Waals surface area contributed by atoms with Crippen molar-refractivity contribution in [2.75, 3.05) is 6.61 Å². The van der Waals surface area contributed by atoms with E-state index in [0.29, 0.717) is 12.2 Å². The molecule has 0 spiro atoms. The molecule has 0 N–H and O–H groups in total. The molecule has 0 saturated heterocycles. The van der Waals surface area contributed by atoms with Gasteiger partial charge >= 0.3 is 5.97 Å². The van der Waals surface area contributed by atoms with Gasteiger partial charge < -0.3 is 4.74 Å². The number of esters is 1. The van der Waals surface area contributed by atoms with Gasteiger partial charge in [0.05, 0.1) is 6.61 Å². The Bertz CT molecular complexity index is 243. The third-order valence-corrected chi connectivity index (χ3v) is 2.95. The van der Waals surface area contributed by atoms with E-state index in [1.54, 1.807) is 0 Å². The third kappa shape index (κ3) is 10.1. The van der Waals surface area contributed by atoms with Gasteiger partial charge in [0.2, 0.25) is 0 Å². The van der Waals surface area contributed by atoms with Gasteiger partial charge in [-0.05, 0) is 32.6 Å². The molecule has 0 aliphatic carbocycles. The van der Waals surface area contributed by atoms with E-state index < -0.39 is 0 Å². The second-order valence-corrected chi connectivity index (χ2v) is 4.63. The van der Waals surface area contributed by atoms with Gasteiger partial charge in [-0.15, -0.1) is 6.58 Å². The second-order valence-electron chi connectivity index (χ2n) is 4.63. The van der Waals surface area contributed by atoms with Crippen LogP contribution in [0, 0.1) is 0 Å². The van der Waals surface area contributed by atoms with Crippen LogP contribution in [0.15, 0.2) is 24.8 Å². The Labute approximate surface area is 112 Å². The molecule has 0 aromatic heterocycles. The molecule has 0 aromatic carbocycles. The molecule has 0 aliphatic rings. The Balaban J connectivity index is 3.27. The number of hydrogen-bond donors (Lipinski definition) is 0. The maximum absolute atomic E-state index is 11.3. The minimum Gasteiger partial charge on any atom is -0.463 e. The summed E-state index contributed by atoms with van der Waals surface area (Å²) in [6, 6.07) is 0. The molecule has 2 heteroatoms. The first kappa shape index (κ1) is 16.9. The summed E-state index contributed by atoms with van der Waals surface area (Å²) >= 11 is 0. The van der Waals surface area contributed by atoms with Crippen LogP contribution in [0.2, 0.25) is 0 Å². The number of unbranched alkanes of at least 4 members (excludes halogenated alkanes) is 7. The average Bonchev–Trinajstić information content (AvgIpc) is 2.36. The first-order valence-electron chi connectivity index (χ1n) is 7.18. The first-order valence-corrected chi connectivity index (χ1v) is 7.18. The van der Waals surface area contributed by atoms with Gasteiger partial charge in [0.25, 0.3) is 0 Å². The molecule has 0 amide bonds. The molecule has 0 radical (unpaired) electrons. The van der Waals surface area contributed by atoms with Gasteiger partial charge in [-0.3, -0.25) is 0 Å². The Kier molecular flexibility index (Phi) is 11.7. The molecule has 18 heavy (non-hydrogen) atoms. The summed E-state index contributed by atoms with van der Waals surface area (Å²) in [6.07, 6.45) is 12.6. The highest BCUT2D eigenvalue weighted by Gasteiger charge is 2.06. The van der Waals surface area contributed by atoms with Gasteiger partial charge in [-0.2, -0.15) is 0 Å². The Morgan fingerprint density at radius 3 is 2.17 bits per heavy atom. The van der Waals surface area contributed by atoms with Crippen LogP contribution in [-0.4, -0.2) is 12.6 Å². The van der Waals surface area contributed by atoms with Crippen molar-refractivity contribution in [1.29, 1.82) is 0 Å². The monoisotopic (exact) mass is 252 g/mol. The second kappa shape index (κ2) is 12.4. The van der Waals surface area contributed by atoms with Crippen molar-refractivity contribution < 1.29 is 9.53 Å². The van der Waals surface area contributed by atoms with E-state index in [-0.39, 0.29) is 5.97 Å². The minimum absolute atomic E-state index is 0.234. The molecule has 0 fully saturated rings. The molecule has 0 rings (SSSR count). The molecule has 0 bridgehead atoms. The number of hydrogen-bond acceptors (Lipinski definition) is 2. The molecule has 0 aromatic rings. The smallest absolute Gasteiger partial charge is 0.333 e. The summed E-state index contributed by atoms with van der Waals surface area (Å²) in [6.45, 7) is 9.72. The van der Waals surface area contributed by atoms with Crippen molar-refractivity contribution in [3.63, 3.8) is 0 Å². The van der Waals surface area contributed by atoms with E-state index in [4.69, 9.17) is 4.74 Å². The van der Waals surface area contributed by atoms with Crippen molar-refractivity contribution >= 4 is 5.97 Å². The van der Waals surface area contributed by atoms with Crippen molar-refractivity contribution in [1.82, 2.24) is 0 Å². The molecule has 0 unspecified atom stereocenters. The zero-order valence-corrected chi connectivity index (χ0v) is 11.9. The summed E-state index contributed by atoms with van der Waals surface area (Å²) in [4.78, 5) is 11.3. The zero-order chi connectivity index (χ0) is 13.6. The number of ether oxygens (including phenoxy) is 1. The van der Waals surface area contributed by atoms with Gasteiger partial charge in [0.1, 0.15) is 0 Å². The van der Waals surface area contributed by atoms with Crippen molar-refractivity contribution in [2.45, 2.75) is 64.7 Å². The fourth-order valence-corrected chi connectivity index (χ4v) is 1.85. The maximum Gasteiger partial charge on any atom is 0.333 e. The third-order valence-electron chi connectivity index (χ3n) is 2.95. The lowest BCUT2D eigenvalue weighted by Gasteiger charge is -2.05. The van der Waals surface area contributed by atoms with Gasteiger partial charge in [-0.25, -0.2) is 4.79 Å². The molecular formula is C16H28O2. The lowest BCUT2D eigenvalue weighted by molar-refractivity contribution is -0.138. The van der Waals surface area contributed by atoms with E-state index >= 15 is 0 Å². The molecule has 2 nitrogen and oxygen atoms in total. The standard InChI is InChI=1S/C16H28O2/c1-4-6-7-8-9-10-11-12-13-14-15(3)16(17)18-5-2/h4H,1,3,5-14H2,2H3. The van der Waals surface area contributed by atoms with Gasteiger partial charge in [0.15, 0.2) is 0 Å². The molecule has 0 aliphatic heterocycles. The summed E-state index contributed by atoms with van der Waals surface area (Å²) in [5.41, 5.74) is 0.614. The highest BCUT2D eigenvalue weighted by atomic mass is 16.5. The lowest BCUT2D eigenvalue weighted by Crippen LogP contribution is -2.06. The predicted octanol–water partition coefficient (Wildman–Crippen LogP) is 4.80. The highest BCUT2D eigenvalue weighted by Crippen LogP contribution is 2.12. The minimum atomic E-state index is -0.234. The van der Waals surface area contributed by atoms with Crippen LogP contribution in [0.25, 0.3) is 0 Å². The quantitative estimate of drug-likeness (QED) is 0.216. The fourth-order valence-electron chi connectivity index (χ4n) is 1.85. The van der Waals surface area contributed by atoms with Gasteiger partial charge in [-0.1, -0.05) is 44.8 Å². The van der Waals surface area contributed by atoms with Crippen molar-refractivity contribution in [3.8, 4) is 0 Å². The summed E-state index contributed by atoms with van der Waals surface area (Å²) in [5, 5.41) is 0. The van der Waals surface area contributed by atoms with Crippen LogP contribution < -0.4 is 0 Å². The SMILES string of the molecule is C=CCCCCCCCCCC(=C)C(=O)OCC. The summed E-state index contributed by atoms with van der Waals surface area (Å²) < 4.78 is 4.89. The Morgan fingerprint density at radius 2 is 1.61 bits per heavy atom. The van der Waals surface area contributed by atoms with Crippen LogP contribution in [0.5, 0.6) is 0 Å². The number of rotatable bonds is 12. The molecular weight excluding hydrogens is 224 g/mol. The molecule has 0 saturated carbocycles. The number of carbonyl (C=O) groups is 1. The number of allylic oxidation sites excluding steroid dienone is 1. The Hall–Kier alpha value is -1.05. The highest BCUT2D eigenvalue weighted by molar-refractivity contribution is 5.87. The van der Waals surface area contributed by atoms with E-state index in [1.807, 2.05) is 13.0 Å². The van der Waals surface area contributed by atoms with Crippen LogP contribution >= 0.6 is 0 Å². The zero-order valence-electron chi connectivity index (χ0n) is 11.9. The normalized spacial score (nSPS) is 10.1. The fraction of sp³-hybridized carbons (Fsp3) is 0.688. The van der Waals surface area contributed by atoms with Crippen LogP contribution in [0.3, 0.4) is 0 Å². The van der Waals surface area contributed by atoms with E-state index in [0.717, 1.165) is 19.3 Å². The first-order chi connectivity index (χ1) is 8.72. The van der Waals surface area contributed by atoms with Gasteiger partial charge in [0, 0.05) is 5.57 Å². The van der Waals surface area contributed by atoms with E-state index in [1.165, 1.54) is 38.5 Å². The molecule has 0 atom stereocenters.